The van der Waals surface area contributed by atoms with Gasteiger partial charge in [-0.2, -0.15) is 5.10 Å². The van der Waals surface area contributed by atoms with Crippen molar-refractivity contribution in [2.75, 3.05) is 6.26 Å². The summed E-state index contributed by atoms with van der Waals surface area (Å²) in [6.07, 6.45) is 4.27. The van der Waals surface area contributed by atoms with Gasteiger partial charge in [-0.25, -0.2) is 5.43 Å². The van der Waals surface area contributed by atoms with Crippen LogP contribution in [0.2, 0.25) is 0 Å². The Bertz CT molecular complexity index is 486. The summed E-state index contributed by atoms with van der Waals surface area (Å²) in [7, 11) is 0. The molecule has 0 aromatic heterocycles. The second-order valence-electron chi connectivity index (χ2n) is 4.26. The van der Waals surface area contributed by atoms with Gasteiger partial charge in [0.15, 0.2) is 0 Å². The SMILES string of the molecule is CC[C@H](C)NC(=O)C(=O)N/N=C\c1ccc(SC)cc1. The summed E-state index contributed by atoms with van der Waals surface area (Å²) >= 11 is 1.65. The van der Waals surface area contributed by atoms with Crippen LogP contribution >= 0.6 is 11.8 Å². The molecule has 0 spiro atoms. The molecule has 0 aliphatic carbocycles. The van der Waals surface area contributed by atoms with Crippen molar-refractivity contribution in [3.8, 4) is 0 Å². The van der Waals surface area contributed by atoms with Gasteiger partial charge >= 0.3 is 11.8 Å². The largest absolute Gasteiger partial charge is 0.345 e. The highest BCUT2D eigenvalue weighted by Crippen LogP contribution is 2.13. The van der Waals surface area contributed by atoms with E-state index in [1.807, 2.05) is 44.4 Å². The molecule has 0 fully saturated rings. The molecule has 5 nitrogen and oxygen atoms in total. The lowest BCUT2D eigenvalue weighted by atomic mass is 10.2. The molecule has 0 unspecified atom stereocenters. The first-order valence-corrected chi connectivity index (χ1v) is 7.57. The molecule has 1 aromatic carbocycles. The summed E-state index contributed by atoms with van der Waals surface area (Å²) in [5.74, 6) is -1.43. The summed E-state index contributed by atoms with van der Waals surface area (Å²) in [5.41, 5.74) is 3.05. The van der Waals surface area contributed by atoms with Gasteiger partial charge in [0, 0.05) is 10.9 Å². The Kier molecular flexibility index (Phi) is 6.79. The maximum Gasteiger partial charge on any atom is 0.329 e. The van der Waals surface area contributed by atoms with Gasteiger partial charge in [-0.1, -0.05) is 19.1 Å². The van der Waals surface area contributed by atoms with Crippen LogP contribution < -0.4 is 10.7 Å². The van der Waals surface area contributed by atoms with Crippen LogP contribution in [0.25, 0.3) is 0 Å². The number of rotatable bonds is 5. The summed E-state index contributed by atoms with van der Waals surface area (Å²) in [5, 5.41) is 6.32. The Labute approximate surface area is 123 Å². The van der Waals surface area contributed by atoms with Crippen molar-refractivity contribution in [2.24, 2.45) is 5.10 Å². The number of benzene rings is 1. The van der Waals surface area contributed by atoms with Crippen LogP contribution in [0.4, 0.5) is 0 Å². The third-order valence-electron chi connectivity index (χ3n) is 2.69. The fraction of sp³-hybridized carbons (Fsp3) is 0.357. The molecule has 108 valence electrons. The van der Waals surface area contributed by atoms with Crippen molar-refractivity contribution in [1.82, 2.24) is 10.7 Å². The van der Waals surface area contributed by atoms with Gasteiger partial charge in [-0.15, -0.1) is 11.8 Å². The predicted molar refractivity (Wildman–Crippen MR) is 81.9 cm³/mol. The fourth-order valence-corrected chi connectivity index (χ4v) is 1.71. The van der Waals surface area contributed by atoms with E-state index in [2.05, 4.69) is 15.8 Å². The normalized spacial score (nSPS) is 12.2. The van der Waals surface area contributed by atoms with Crippen LogP contribution in [0.3, 0.4) is 0 Å². The summed E-state index contributed by atoms with van der Waals surface area (Å²) < 4.78 is 0. The molecular weight excluding hydrogens is 274 g/mol. The van der Waals surface area contributed by atoms with Crippen LogP contribution in [0.1, 0.15) is 25.8 Å². The highest BCUT2D eigenvalue weighted by Gasteiger charge is 2.14. The zero-order chi connectivity index (χ0) is 15.0. The van der Waals surface area contributed by atoms with E-state index in [1.54, 1.807) is 11.8 Å². The predicted octanol–water partition coefficient (Wildman–Crippen LogP) is 1.77. The van der Waals surface area contributed by atoms with Gasteiger partial charge < -0.3 is 5.32 Å². The van der Waals surface area contributed by atoms with Crippen molar-refractivity contribution in [3.05, 3.63) is 29.8 Å². The summed E-state index contributed by atoms with van der Waals surface area (Å²) in [6.45, 7) is 3.76. The number of hydrazone groups is 1. The Morgan fingerprint density at radius 2 is 1.95 bits per heavy atom. The van der Waals surface area contributed by atoms with Crippen molar-refractivity contribution in [3.63, 3.8) is 0 Å². The second kappa shape index (κ2) is 8.37. The van der Waals surface area contributed by atoms with Crippen molar-refractivity contribution < 1.29 is 9.59 Å². The van der Waals surface area contributed by atoms with Crippen molar-refractivity contribution >= 4 is 29.8 Å². The van der Waals surface area contributed by atoms with Crippen LogP contribution in [0.15, 0.2) is 34.3 Å². The zero-order valence-corrected chi connectivity index (χ0v) is 12.7. The standard InChI is InChI=1S/C14H19N3O2S/c1-4-10(2)16-13(18)14(19)17-15-9-11-5-7-12(20-3)8-6-11/h5-10H,4H2,1-3H3,(H,16,18)(H,17,19)/b15-9-/t10-/m0/s1. The summed E-state index contributed by atoms with van der Waals surface area (Å²) in [6, 6.07) is 7.67. The first-order chi connectivity index (χ1) is 9.56. The number of carbonyl (C=O) groups is 2. The zero-order valence-electron chi connectivity index (χ0n) is 11.8. The quantitative estimate of drug-likeness (QED) is 0.376. The molecule has 0 saturated heterocycles. The van der Waals surface area contributed by atoms with Crippen molar-refractivity contribution in [2.45, 2.75) is 31.2 Å². The van der Waals surface area contributed by atoms with E-state index < -0.39 is 11.8 Å². The van der Waals surface area contributed by atoms with Gasteiger partial charge in [-0.05, 0) is 37.3 Å². The average Bonchev–Trinajstić information content (AvgIpc) is 2.47. The molecule has 0 saturated carbocycles. The second-order valence-corrected chi connectivity index (χ2v) is 5.13. The van der Waals surface area contributed by atoms with E-state index in [4.69, 9.17) is 0 Å². The Balaban J connectivity index is 2.46. The molecule has 0 radical (unpaired) electrons. The molecule has 20 heavy (non-hydrogen) atoms. The van der Waals surface area contributed by atoms with Gasteiger partial charge in [0.1, 0.15) is 0 Å². The number of nitrogens with one attached hydrogen (secondary N) is 2. The number of hydrogen-bond acceptors (Lipinski definition) is 4. The Hall–Kier alpha value is -1.82. The van der Waals surface area contributed by atoms with Crippen LogP contribution in [0, 0.1) is 0 Å². The Morgan fingerprint density at radius 1 is 1.30 bits per heavy atom. The summed E-state index contributed by atoms with van der Waals surface area (Å²) in [4.78, 5) is 24.0. The maximum absolute atomic E-state index is 11.4. The van der Waals surface area contributed by atoms with E-state index in [0.29, 0.717) is 0 Å². The maximum atomic E-state index is 11.4. The lowest BCUT2D eigenvalue weighted by Gasteiger charge is -2.09. The number of carbonyl (C=O) groups excluding carboxylic acids is 2. The highest BCUT2D eigenvalue weighted by atomic mass is 32.2. The van der Waals surface area contributed by atoms with E-state index in [9.17, 15) is 9.59 Å². The molecule has 2 amide bonds. The molecule has 1 aromatic rings. The number of hydrogen-bond donors (Lipinski definition) is 2. The number of thioether (sulfide) groups is 1. The lowest BCUT2D eigenvalue weighted by molar-refractivity contribution is -0.139. The molecule has 0 heterocycles. The monoisotopic (exact) mass is 293 g/mol. The minimum absolute atomic E-state index is 0.0312. The average molecular weight is 293 g/mol. The highest BCUT2D eigenvalue weighted by molar-refractivity contribution is 7.98. The molecule has 0 bridgehead atoms. The third-order valence-corrected chi connectivity index (χ3v) is 3.44. The topological polar surface area (TPSA) is 70.6 Å². The Morgan fingerprint density at radius 3 is 2.50 bits per heavy atom. The van der Waals surface area contributed by atoms with Crippen LogP contribution in [-0.2, 0) is 9.59 Å². The molecule has 6 heteroatoms. The first-order valence-electron chi connectivity index (χ1n) is 6.34. The van der Waals surface area contributed by atoms with Gasteiger partial charge in [0.2, 0.25) is 0 Å². The lowest BCUT2D eigenvalue weighted by Crippen LogP contribution is -2.41. The molecule has 1 atom stereocenters. The molecule has 0 aliphatic heterocycles. The minimum Gasteiger partial charge on any atom is -0.345 e. The van der Waals surface area contributed by atoms with E-state index in [1.165, 1.54) is 6.21 Å². The number of amides is 2. The van der Waals surface area contributed by atoms with Gasteiger partial charge in [0.05, 0.1) is 6.21 Å². The molecule has 0 aliphatic rings. The molecular formula is C14H19N3O2S. The van der Waals surface area contributed by atoms with Gasteiger partial charge in [-0.3, -0.25) is 9.59 Å². The van der Waals surface area contributed by atoms with E-state index in [-0.39, 0.29) is 6.04 Å². The van der Waals surface area contributed by atoms with Crippen LogP contribution in [-0.4, -0.2) is 30.3 Å². The molecule has 2 N–H and O–H groups in total. The third kappa shape index (κ3) is 5.44. The van der Waals surface area contributed by atoms with Gasteiger partial charge in [0.25, 0.3) is 0 Å². The number of nitrogens with zero attached hydrogens (tertiary/aromatic N) is 1. The minimum atomic E-state index is -0.762. The first kappa shape index (κ1) is 16.2. The van der Waals surface area contributed by atoms with E-state index >= 15 is 0 Å². The van der Waals surface area contributed by atoms with Crippen LogP contribution in [0.5, 0.6) is 0 Å². The molecule has 1 rings (SSSR count). The van der Waals surface area contributed by atoms with E-state index in [0.717, 1.165) is 16.9 Å². The fourth-order valence-electron chi connectivity index (χ4n) is 1.30. The smallest absolute Gasteiger partial charge is 0.329 e. The van der Waals surface area contributed by atoms with Crippen molar-refractivity contribution in [1.29, 1.82) is 0 Å².